The summed E-state index contributed by atoms with van der Waals surface area (Å²) in [5.41, 5.74) is 7.34. The zero-order valence-corrected chi connectivity index (χ0v) is 19.2. The summed E-state index contributed by atoms with van der Waals surface area (Å²) in [6.45, 7) is 2.71. The lowest BCUT2D eigenvalue weighted by atomic mass is 10.2. The predicted octanol–water partition coefficient (Wildman–Crippen LogP) is 4.97. The molecule has 0 aliphatic carbocycles. The van der Waals surface area contributed by atoms with Crippen molar-refractivity contribution in [3.63, 3.8) is 0 Å². The van der Waals surface area contributed by atoms with Crippen LogP contribution in [0.1, 0.15) is 19.4 Å². The molecule has 0 spiro atoms. The molecule has 2 aromatic rings. The lowest BCUT2D eigenvalue weighted by Gasteiger charge is -2.13. The molecule has 0 fully saturated rings. The maximum absolute atomic E-state index is 12.3. The molecule has 0 heterocycles. The van der Waals surface area contributed by atoms with Crippen LogP contribution in [0.2, 0.25) is 0 Å². The van der Waals surface area contributed by atoms with Crippen LogP contribution < -0.4 is 25.3 Å². The zero-order valence-electron chi connectivity index (χ0n) is 16.8. The molecular formula is C20H25F3IN3O3. The van der Waals surface area contributed by atoms with Crippen LogP contribution in [-0.4, -0.2) is 32.0 Å². The number of hydrogen-bond donors (Lipinski definition) is 2. The molecule has 0 saturated carbocycles. The minimum absolute atomic E-state index is 0. The van der Waals surface area contributed by atoms with Crippen LogP contribution >= 0.6 is 24.0 Å². The van der Waals surface area contributed by atoms with Gasteiger partial charge >= 0.3 is 6.18 Å². The third kappa shape index (κ3) is 8.97. The SMILES string of the molecule is COc1cc(CN=C(N)Nc2ccc(OC(C)C)cc2)ccc1OCC(F)(F)F.I. The van der Waals surface area contributed by atoms with E-state index in [4.69, 9.17) is 19.9 Å². The fourth-order valence-corrected chi connectivity index (χ4v) is 2.34. The number of hydrogen-bond acceptors (Lipinski definition) is 4. The average molecular weight is 539 g/mol. The first kappa shape index (κ1) is 25.7. The number of ether oxygens (including phenoxy) is 3. The number of methoxy groups -OCH3 is 1. The summed E-state index contributed by atoms with van der Waals surface area (Å²) in [4.78, 5) is 4.23. The van der Waals surface area contributed by atoms with Gasteiger partial charge in [-0.25, -0.2) is 4.99 Å². The van der Waals surface area contributed by atoms with Crippen molar-refractivity contribution < 1.29 is 27.4 Å². The molecule has 2 rings (SSSR count). The van der Waals surface area contributed by atoms with Crippen LogP contribution in [0, 0.1) is 0 Å². The predicted molar refractivity (Wildman–Crippen MR) is 121 cm³/mol. The van der Waals surface area contributed by atoms with E-state index in [1.165, 1.54) is 13.2 Å². The number of anilines is 1. The first-order chi connectivity index (χ1) is 13.7. The lowest BCUT2D eigenvalue weighted by molar-refractivity contribution is -0.153. The fraction of sp³-hybridized carbons (Fsp3) is 0.350. The molecule has 0 bridgehead atoms. The molecule has 0 saturated heterocycles. The van der Waals surface area contributed by atoms with Crippen molar-refractivity contribution in [2.24, 2.45) is 10.7 Å². The van der Waals surface area contributed by atoms with E-state index in [2.05, 4.69) is 10.3 Å². The van der Waals surface area contributed by atoms with Crippen molar-refractivity contribution in [1.29, 1.82) is 0 Å². The lowest BCUT2D eigenvalue weighted by Crippen LogP contribution is -2.22. The second kappa shape index (κ2) is 11.7. The number of rotatable bonds is 8. The Morgan fingerprint density at radius 2 is 1.77 bits per heavy atom. The first-order valence-corrected chi connectivity index (χ1v) is 8.86. The highest BCUT2D eigenvalue weighted by Gasteiger charge is 2.29. The Bertz CT molecular complexity index is 828. The third-order valence-corrected chi connectivity index (χ3v) is 3.55. The average Bonchev–Trinajstić information content (AvgIpc) is 2.65. The highest BCUT2D eigenvalue weighted by atomic mass is 127. The molecule has 6 nitrogen and oxygen atoms in total. The number of nitrogens with one attached hydrogen (secondary N) is 1. The summed E-state index contributed by atoms with van der Waals surface area (Å²) in [5, 5.41) is 2.96. The Morgan fingerprint density at radius 1 is 1.10 bits per heavy atom. The topological polar surface area (TPSA) is 78.1 Å². The largest absolute Gasteiger partial charge is 0.493 e. The summed E-state index contributed by atoms with van der Waals surface area (Å²) >= 11 is 0. The quantitative estimate of drug-likeness (QED) is 0.282. The van der Waals surface area contributed by atoms with Crippen LogP contribution in [0.25, 0.3) is 0 Å². The van der Waals surface area contributed by atoms with E-state index in [0.717, 1.165) is 11.4 Å². The highest BCUT2D eigenvalue weighted by Crippen LogP contribution is 2.30. The molecule has 0 aromatic heterocycles. The van der Waals surface area contributed by atoms with Crippen molar-refractivity contribution in [2.45, 2.75) is 32.7 Å². The molecule has 10 heteroatoms. The summed E-state index contributed by atoms with van der Waals surface area (Å²) in [6, 6.07) is 11.8. The van der Waals surface area contributed by atoms with Crippen LogP contribution in [-0.2, 0) is 6.54 Å². The number of nitrogens with two attached hydrogens (primary N) is 1. The van der Waals surface area contributed by atoms with Gasteiger partial charge in [0.1, 0.15) is 5.75 Å². The van der Waals surface area contributed by atoms with Gasteiger partial charge in [0.05, 0.1) is 19.8 Å². The fourth-order valence-electron chi connectivity index (χ4n) is 2.34. The van der Waals surface area contributed by atoms with Crippen molar-refractivity contribution in [3.8, 4) is 17.2 Å². The standard InChI is InChI=1S/C20H24F3N3O3.HI/c1-13(2)29-16-7-5-15(6-8-16)26-19(24)25-11-14-4-9-17(18(10-14)27-3)28-12-20(21,22)23;/h4-10,13H,11-12H2,1-3H3,(H3,24,25,26);1H. The van der Waals surface area contributed by atoms with Gasteiger partial charge in [-0.2, -0.15) is 13.2 Å². The molecule has 30 heavy (non-hydrogen) atoms. The van der Waals surface area contributed by atoms with Crippen molar-refractivity contribution in [1.82, 2.24) is 0 Å². The van der Waals surface area contributed by atoms with E-state index in [-0.39, 0.29) is 54.1 Å². The van der Waals surface area contributed by atoms with Gasteiger partial charge in [0.15, 0.2) is 24.1 Å². The van der Waals surface area contributed by atoms with Crippen molar-refractivity contribution in [2.75, 3.05) is 19.0 Å². The maximum atomic E-state index is 12.3. The summed E-state index contributed by atoms with van der Waals surface area (Å²) in [5.74, 6) is 1.14. The van der Waals surface area contributed by atoms with Gasteiger partial charge in [-0.3, -0.25) is 0 Å². The van der Waals surface area contributed by atoms with E-state index in [1.54, 1.807) is 12.1 Å². The highest BCUT2D eigenvalue weighted by molar-refractivity contribution is 14.0. The third-order valence-electron chi connectivity index (χ3n) is 3.55. The molecule has 0 amide bonds. The number of benzene rings is 2. The number of aliphatic imine (C=N–C) groups is 1. The van der Waals surface area contributed by atoms with Crippen molar-refractivity contribution >= 4 is 35.6 Å². The molecule has 0 radical (unpaired) electrons. The van der Waals surface area contributed by atoms with E-state index < -0.39 is 12.8 Å². The van der Waals surface area contributed by atoms with Crippen LogP contribution in [0.5, 0.6) is 17.2 Å². The number of guanidine groups is 1. The molecule has 0 aliphatic heterocycles. The van der Waals surface area contributed by atoms with E-state index in [1.807, 2.05) is 38.1 Å². The summed E-state index contributed by atoms with van der Waals surface area (Å²) in [7, 11) is 1.35. The Kier molecular flexibility index (Phi) is 10.0. The van der Waals surface area contributed by atoms with Gasteiger partial charge in [0.2, 0.25) is 0 Å². The smallest absolute Gasteiger partial charge is 0.422 e. The second-order valence-corrected chi connectivity index (χ2v) is 6.41. The molecular weight excluding hydrogens is 514 g/mol. The zero-order chi connectivity index (χ0) is 21.4. The number of alkyl halides is 3. The molecule has 2 aromatic carbocycles. The first-order valence-electron chi connectivity index (χ1n) is 8.86. The van der Waals surface area contributed by atoms with E-state index in [0.29, 0.717) is 5.56 Å². The van der Waals surface area contributed by atoms with Crippen LogP contribution in [0.3, 0.4) is 0 Å². The molecule has 0 aliphatic rings. The van der Waals surface area contributed by atoms with E-state index in [9.17, 15) is 13.2 Å². The Balaban J connectivity index is 0.00000450. The Labute approximate surface area is 190 Å². The Hall–Kier alpha value is -2.37. The molecule has 166 valence electrons. The monoisotopic (exact) mass is 539 g/mol. The minimum atomic E-state index is -4.42. The van der Waals surface area contributed by atoms with E-state index >= 15 is 0 Å². The van der Waals surface area contributed by atoms with Gasteiger partial charge in [0, 0.05) is 5.69 Å². The van der Waals surface area contributed by atoms with Crippen molar-refractivity contribution in [3.05, 3.63) is 48.0 Å². The second-order valence-electron chi connectivity index (χ2n) is 6.41. The molecule has 3 N–H and O–H groups in total. The summed E-state index contributed by atoms with van der Waals surface area (Å²) < 4.78 is 52.4. The normalized spacial score (nSPS) is 11.6. The number of nitrogens with zero attached hydrogens (tertiary/aromatic N) is 1. The van der Waals surface area contributed by atoms with Gasteiger partial charge in [0.25, 0.3) is 0 Å². The van der Waals surface area contributed by atoms with Gasteiger partial charge < -0.3 is 25.3 Å². The summed E-state index contributed by atoms with van der Waals surface area (Å²) in [6.07, 6.45) is -4.34. The number of halogens is 4. The van der Waals surface area contributed by atoms with Crippen LogP contribution in [0.4, 0.5) is 18.9 Å². The van der Waals surface area contributed by atoms with Crippen LogP contribution in [0.15, 0.2) is 47.5 Å². The van der Waals surface area contributed by atoms with Gasteiger partial charge in [-0.15, -0.1) is 24.0 Å². The molecule has 0 atom stereocenters. The molecule has 0 unspecified atom stereocenters. The van der Waals surface area contributed by atoms with Gasteiger partial charge in [-0.05, 0) is 55.8 Å². The Morgan fingerprint density at radius 3 is 2.33 bits per heavy atom. The minimum Gasteiger partial charge on any atom is -0.493 e. The maximum Gasteiger partial charge on any atom is 0.422 e. The van der Waals surface area contributed by atoms with Gasteiger partial charge in [-0.1, -0.05) is 6.07 Å².